The second-order valence-corrected chi connectivity index (χ2v) is 7.56. The summed E-state index contributed by atoms with van der Waals surface area (Å²) in [5, 5.41) is 8.21. The minimum atomic E-state index is -0.151. The molecule has 28 heavy (non-hydrogen) atoms. The van der Waals surface area contributed by atoms with Gasteiger partial charge in [-0.15, -0.1) is 0 Å². The van der Waals surface area contributed by atoms with Crippen LogP contribution in [0.25, 0.3) is 11.4 Å². The maximum absolute atomic E-state index is 12.6. The zero-order chi connectivity index (χ0) is 19.5. The van der Waals surface area contributed by atoms with Crippen LogP contribution >= 0.6 is 23.2 Å². The van der Waals surface area contributed by atoms with Gasteiger partial charge in [0.1, 0.15) is 0 Å². The lowest BCUT2D eigenvalue weighted by Gasteiger charge is -2.31. The molecule has 2 amide bonds. The van der Waals surface area contributed by atoms with Gasteiger partial charge in [-0.25, -0.2) is 4.79 Å². The van der Waals surface area contributed by atoms with Gasteiger partial charge >= 0.3 is 6.03 Å². The highest BCUT2D eigenvalue weighted by Gasteiger charge is 2.28. The van der Waals surface area contributed by atoms with E-state index in [1.165, 1.54) is 0 Å². The minimum absolute atomic E-state index is 0.00477. The standard InChI is InChI=1S/C20H18Cl2N4O2/c21-15-6-8-17(9-7-15)23-20(27)26-10-2-4-14(12-26)19-24-18(25-28-19)13-3-1-5-16(22)11-13/h1,3,5-9,11,14H,2,4,10,12H2,(H,23,27). The monoisotopic (exact) mass is 416 g/mol. The van der Waals surface area contributed by atoms with Gasteiger partial charge in [0.2, 0.25) is 11.7 Å². The molecule has 0 aliphatic carbocycles. The molecule has 1 unspecified atom stereocenters. The molecule has 8 heteroatoms. The van der Waals surface area contributed by atoms with Crippen molar-refractivity contribution in [2.24, 2.45) is 0 Å². The van der Waals surface area contributed by atoms with Crippen molar-refractivity contribution in [3.63, 3.8) is 0 Å². The summed E-state index contributed by atoms with van der Waals surface area (Å²) in [6.45, 7) is 1.21. The van der Waals surface area contributed by atoms with Crippen LogP contribution in [0, 0.1) is 0 Å². The number of piperidine rings is 1. The van der Waals surface area contributed by atoms with E-state index in [9.17, 15) is 4.79 Å². The van der Waals surface area contributed by atoms with E-state index < -0.39 is 0 Å². The molecule has 1 aliphatic rings. The highest BCUT2D eigenvalue weighted by molar-refractivity contribution is 6.31. The van der Waals surface area contributed by atoms with Crippen LogP contribution in [-0.4, -0.2) is 34.2 Å². The molecule has 1 aliphatic heterocycles. The van der Waals surface area contributed by atoms with Gasteiger partial charge in [0.05, 0.1) is 5.92 Å². The largest absolute Gasteiger partial charge is 0.339 e. The van der Waals surface area contributed by atoms with Gasteiger partial charge < -0.3 is 14.7 Å². The van der Waals surface area contributed by atoms with Crippen LogP contribution in [0.4, 0.5) is 10.5 Å². The Balaban J connectivity index is 1.43. The number of aromatic nitrogens is 2. The Hall–Kier alpha value is -2.57. The summed E-state index contributed by atoms with van der Waals surface area (Å²) in [6, 6.07) is 14.2. The van der Waals surface area contributed by atoms with Crippen molar-refractivity contribution in [1.82, 2.24) is 15.0 Å². The summed E-state index contributed by atoms with van der Waals surface area (Å²) >= 11 is 11.9. The van der Waals surface area contributed by atoms with E-state index in [4.69, 9.17) is 27.7 Å². The second-order valence-electron chi connectivity index (χ2n) is 6.69. The van der Waals surface area contributed by atoms with Gasteiger partial charge in [-0.1, -0.05) is 40.5 Å². The quantitative estimate of drug-likeness (QED) is 0.615. The number of carbonyl (C=O) groups is 1. The highest BCUT2D eigenvalue weighted by atomic mass is 35.5. The summed E-state index contributed by atoms with van der Waals surface area (Å²) in [5.41, 5.74) is 1.51. The first-order chi connectivity index (χ1) is 13.6. The fraction of sp³-hybridized carbons (Fsp3) is 0.250. The number of nitrogens with zero attached hydrogens (tertiary/aromatic N) is 3. The SMILES string of the molecule is O=C(Nc1ccc(Cl)cc1)N1CCCC(c2nc(-c3cccc(Cl)c3)no2)C1. The number of hydrogen-bond acceptors (Lipinski definition) is 4. The third-order valence-corrected chi connectivity index (χ3v) is 5.16. The number of rotatable bonds is 3. The lowest BCUT2D eigenvalue weighted by molar-refractivity contribution is 0.184. The molecule has 0 radical (unpaired) electrons. The van der Waals surface area contributed by atoms with Gasteiger partial charge in [-0.05, 0) is 49.2 Å². The van der Waals surface area contributed by atoms with Crippen molar-refractivity contribution < 1.29 is 9.32 Å². The molecule has 4 rings (SSSR count). The van der Waals surface area contributed by atoms with Crippen molar-refractivity contribution in [3.8, 4) is 11.4 Å². The van der Waals surface area contributed by atoms with Crippen molar-refractivity contribution in [2.45, 2.75) is 18.8 Å². The molecule has 2 aromatic carbocycles. The molecular weight excluding hydrogens is 399 g/mol. The van der Waals surface area contributed by atoms with E-state index in [1.807, 2.05) is 12.1 Å². The Labute approximate surface area is 172 Å². The molecule has 1 saturated heterocycles. The number of amides is 2. The molecule has 144 valence electrons. The van der Waals surface area contributed by atoms with Crippen LogP contribution < -0.4 is 5.32 Å². The Morgan fingerprint density at radius 1 is 1.14 bits per heavy atom. The highest BCUT2D eigenvalue weighted by Crippen LogP contribution is 2.28. The molecule has 1 aromatic heterocycles. The number of hydrogen-bond donors (Lipinski definition) is 1. The fourth-order valence-corrected chi connectivity index (χ4v) is 3.56. The maximum Gasteiger partial charge on any atom is 0.321 e. The average molecular weight is 417 g/mol. The van der Waals surface area contributed by atoms with Crippen molar-refractivity contribution >= 4 is 34.9 Å². The summed E-state index contributed by atoms with van der Waals surface area (Å²) in [6.07, 6.45) is 1.76. The van der Waals surface area contributed by atoms with Gasteiger partial charge in [0, 0.05) is 34.4 Å². The average Bonchev–Trinajstić information content (AvgIpc) is 3.20. The van der Waals surface area contributed by atoms with Crippen LogP contribution in [0.1, 0.15) is 24.7 Å². The van der Waals surface area contributed by atoms with E-state index in [-0.39, 0.29) is 11.9 Å². The number of carbonyl (C=O) groups excluding carboxylic acids is 1. The molecule has 6 nitrogen and oxygen atoms in total. The number of likely N-dealkylation sites (tertiary alicyclic amines) is 1. The summed E-state index contributed by atoms with van der Waals surface area (Å²) < 4.78 is 5.48. The van der Waals surface area contributed by atoms with Crippen LogP contribution in [0.2, 0.25) is 10.0 Å². The van der Waals surface area contributed by atoms with Crippen molar-refractivity contribution in [1.29, 1.82) is 0 Å². The molecule has 2 heterocycles. The first kappa shape index (κ1) is 18.8. The number of nitrogens with one attached hydrogen (secondary N) is 1. The second kappa shape index (κ2) is 8.20. The molecule has 1 N–H and O–H groups in total. The number of anilines is 1. The van der Waals surface area contributed by atoms with E-state index in [0.29, 0.717) is 40.5 Å². The lowest BCUT2D eigenvalue weighted by Crippen LogP contribution is -2.41. The molecule has 3 aromatic rings. The zero-order valence-corrected chi connectivity index (χ0v) is 16.5. The van der Waals surface area contributed by atoms with Crippen molar-refractivity contribution in [3.05, 3.63) is 64.5 Å². The topological polar surface area (TPSA) is 71.3 Å². The number of urea groups is 1. The van der Waals surface area contributed by atoms with E-state index in [2.05, 4.69) is 15.5 Å². The van der Waals surface area contributed by atoms with Gasteiger partial charge in [-0.3, -0.25) is 0 Å². The molecule has 0 spiro atoms. The molecule has 1 atom stereocenters. The predicted molar refractivity (Wildman–Crippen MR) is 109 cm³/mol. The zero-order valence-electron chi connectivity index (χ0n) is 14.9. The normalized spacial score (nSPS) is 16.8. The molecule has 0 bridgehead atoms. The Morgan fingerprint density at radius 2 is 1.96 bits per heavy atom. The first-order valence-corrected chi connectivity index (χ1v) is 9.75. The van der Waals surface area contributed by atoms with Crippen molar-refractivity contribution in [2.75, 3.05) is 18.4 Å². The molecular formula is C20H18Cl2N4O2. The third kappa shape index (κ3) is 4.29. The Bertz CT molecular complexity index is 974. The van der Waals surface area contributed by atoms with Gasteiger partial charge in [0.15, 0.2) is 0 Å². The molecule has 0 saturated carbocycles. The van der Waals surface area contributed by atoms with Crippen LogP contribution in [-0.2, 0) is 0 Å². The number of benzene rings is 2. The number of halogens is 2. The van der Waals surface area contributed by atoms with E-state index in [0.717, 1.165) is 18.4 Å². The lowest BCUT2D eigenvalue weighted by atomic mass is 9.98. The van der Waals surface area contributed by atoms with E-state index >= 15 is 0 Å². The smallest absolute Gasteiger partial charge is 0.321 e. The van der Waals surface area contributed by atoms with Gasteiger partial charge in [-0.2, -0.15) is 4.98 Å². The Kier molecular flexibility index (Phi) is 5.50. The fourth-order valence-electron chi connectivity index (χ4n) is 3.24. The van der Waals surface area contributed by atoms with Gasteiger partial charge in [0.25, 0.3) is 0 Å². The third-order valence-electron chi connectivity index (χ3n) is 4.68. The Morgan fingerprint density at radius 3 is 2.75 bits per heavy atom. The van der Waals surface area contributed by atoms with Crippen LogP contribution in [0.5, 0.6) is 0 Å². The minimum Gasteiger partial charge on any atom is -0.339 e. The summed E-state index contributed by atoms with van der Waals surface area (Å²) in [5.74, 6) is 1.05. The maximum atomic E-state index is 12.6. The molecule has 1 fully saturated rings. The van der Waals surface area contributed by atoms with Crippen LogP contribution in [0.3, 0.4) is 0 Å². The summed E-state index contributed by atoms with van der Waals surface area (Å²) in [4.78, 5) is 18.9. The predicted octanol–water partition coefficient (Wildman–Crippen LogP) is 5.45. The first-order valence-electron chi connectivity index (χ1n) is 8.99. The summed E-state index contributed by atoms with van der Waals surface area (Å²) in [7, 11) is 0. The van der Waals surface area contributed by atoms with E-state index in [1.54, 1.807) is 41.3 Å². The van der Waals surface area contributed by atoms with Crippen LogP contribution in [0.15, 0.2) is 53.1 Å².